The third-order valence-electron chi connectivity index (χ3n) is 3.41. The second-order valence-electron chi connectivity index (χ2n) is 4.65. The molecule has 0 aliphatic carbocycles. The van der Waals surface area contributed by atoms with Crippen LogP contribution in [-0.4, -0.2) is 11.1 Å². The number of halogens is 1. The molecule has 3 heteroatoms. The number of hydrogen-bond donors (Lipinski definition) is 0. The van der Waals surface area contributed by atoms with Crippen molar-refractivity contribution in [1.29, 1.82) is 0 Å². The quantitative estimate of drug-likeness (QED) is 0.693. The van der Waals surface area contributed by atoms with Crippen LogP contribution in [0, 0.1) is 12.7 Å². The summed E-state index contributed by atoms with van der Waals surface area (Å²) in [6.45, 7) is 4.07. The molecule has 1 aromatic carbocycles. The third kappa shape index (κ3) is 1.66. The Bertz CT molecular complexity index is 594. The highest BCUT2D eigenvalue weighted by molar-refractivity contribution is 5.84. The summed E-state index contributed by atoms with van der Waals surface area (Å²) < 4.78 is 19.0. The smallest absolute Gasteiger partial charge is 0.217 e. The first kappa shape index (κ1) is 10.5. The van der Waals surface area contributed by atoms with Crippen molar-refractivity contribution in [2.24, 2.45) is 0 Å². The van der Waals surface area contributed by atoms with E-state index in [1.165, 1.54) is 6.07 Å². The predicted molar refractivity (Wildman–Crippen MR) is 64.8 cm³/mol. The molecule has 3 rings (SSSR count). The van der Waals surface area contributed by atoms with Gasteiger partial charge in [-0.05, 0) is 50.5 Å². The highest BCUT2D eigenvalue weighted by atomic mass is 19.1. The van der Waals surface area contributed by atoms with Crippen LogP contribution in [-0.2, 0) is 6.42 Å². The van der Waals surface area contributed by atoms with Crippen LogP contribution in [0.1, 0.15) is 24.5 Å². The second kappa shape index (κ2) is 3.69. The Labute approximate surface area is 99.4 Å². The zero-order valence-electron chi connectivity index (χ0n) is 9.96. The van der Waals surface area contributed by atoms with Crippen molar-refractivity contribution in [3.8, 4) is 5.88 Å². The van der Waals surface area contributed by atoms with E-state index >= 15 is 0 Å². The molecule has 0 fully saturated rings. The average Bonchev–Trinajstić information content (AvgIpc) is 2.30. The standard InChI is InChI=1S/C14H14FNO/c1-8-3-5-11-9(2)12-7-10(15)4-6-13(12)16-14(11)17-8/h4,6-8H,3,5H2,1-2H3. The Morgan fingerprint density at radius 2 is 2.24 bits per heavy atom. The van der Waals surface area contributed by atoms with Gasteiger partial charge in [-0.25, -0.2) is 9.37 Å². The maximum absolute atomic E-state index is 13.3. The molecule has 1 unspecified atom stereocenters. The third-order valence-corrected chi connectivity index (χ3v) is 3.41. The molecule has 0 saturated heterocycles. The lowest BCUT2D eigenvalue weighted by molar-refractivity contribution is 0.184. The van der Waals surface area contributed by atoms with E-state index in [4.69, 9.17) is 4.74 Å². The first-order chi connectivity index (χ1) is 8.15. The highest BCUT2D eigenvalue weighted by Crippen LogP contribution is 2.32. The van der Waals surface area contributed by atoms with Crippen molar-refractivity contribution in [2.45, 2.75) is 32.8 Å². The summed E-state index contributed by atoms with van der Waals surface area (Å²) in [4.78, 5) is 4.48. The van der Waals surface area contributed by atoms with Gasteiger partial charge in [0.05, 0.1) is 11.6 Å². The van der Waals surface area contributed by atoms with Crippen LogP contribution >= 0.6 is 0 Å². The van der Waals surface area contributed by atoms with Crippen LogP contribution in [0.3, 0.4) is 0 Å². The molecule has 0 radical (unpaired) electrons. The first-order valence-corrected chi connectivity index (χ1v) is 5.90. The molecular formula is C14H14FNO. The van der Waals surface area contributed by atoms with Crippen LogP contribution in [0.2, 0.25) is 0 Å². The number of nitrogens with zero attached hydrogens (tertiary/aromatic N) is 1. The number of aromatic nitrogens is 1. The predicted octanol–water partition coefficient (Wildman–Crippen LogP) is 3.40. The van der Waals surface area contributed by atoms with Gasteiger partial charge in [-0.2, -0.15) is 0 Å². The number of pyridine rings is 1. The van der Waals surface area contributed by atoms with E-state index in [1.54, 1.807) is 12.1 Å². The van der Waals surface area contributed by atoms with Crippen LogP contribution in [0.4, 0.5) is 4.39 Å². The fraction of sp³-hybridized carbons (Fsp3) is 0.357. The van der Waals surface area contributed by atoms with Gasteiger partial charge >= 0.3 is 0 Å². The molecular weight excluding hydrogens is 217 g/mol. The van der Waals surface area contributed by atoms with Gasteiger partial charge in [0.1, 0.15) is 5.82 Å². The molecule has 1 aromatic heterocycles. The zero-order valence-corrected chi connectivity index (χ0v) is 9.96. The van der Waals surface area contributed by atoms with E-state index in [2.05, 4.69) is 11.9 Å². The van der Waals surface area contributed by atoms with Gasteiger partial charge in [0.15, 0.2) is 0 Å². The molecule has 2 heterocycles. The fourth-order valence-corrected chi connectivity index (χ4v) is 2.39. The van der Waals surface area contributed by atoms with E-state index in [9.17, 15) is 4.39 Å². The maximum atomic E-state index is 13.3. The van der Waals surface area contributed by atoms with Crippen LogP contribution < -0.4 is 4.74 Å². The molecule has 0 bridgehead atoms. The first-order valence-electron chi connectivity index (χ1n) is 5.90. The van der Waals surface area contributed by atoms with Crippen molar-refractivity contribution in [3.05, 3.63) is 35.1 Å². The number of hydrogen-bond acceptors (Lipinski definition) is 2. The van der Waals surface area contributed by atoms with Crippen molar-refractivity contribution in [1.82, 2.24) is 4.98 Å². The molecule has 88 valence electrons. The highest BCUT2D eigenvalue weighted by Gasteiger charge is 2.21. The Morgan fingerprint density at radius 1 is 1.41 bits per heavy atom. The van der Waals surface area contributed by atoms with Gasteiger partial charge in [0.2, 0.25) is 5.88 Å². The molecule has 0 amide bonds. The molecule has 0 spiro atoms. The topological polar surface area (TPSA) is 22.1 Å². The molecule has 17 heavy (non-hydrogen) atoms. The minimum atomic E-state index is -0.215. The average molecular weight is 231 g/mol. The van der Waals surface area contributed by atoms with Gasteiger partial charge in [-0.1, -0.05) is 0 Å². The Morgan fingerprint density at radius 3 is 3.06 bits per heavy atom. The van der Waals surface area contributed by atoms with Crippen molar-refractivity contribution in [3.63, 3.8) is 0 Å². The summed E-state index contributed by atoms with van der Waals surface area (Å²) in [6, 6.07) is 4.70. The monoisotopic (exact) mass is 231 g/mol. The normalized spacial score (nSPS) is 18.9. The van der Waals surface area contributed by atoms with Gasteiger partial charge in [0.25, 0.3) is 0 Å². The molecule has 1 aliphatic heterocycles. The number of ether oxygens (including phenoxy) is 1. The van der Waals surface area contributed by atoms with E-state index in [1.807, 2.05) is 6.92 Å². The Hall–Kier alpha value is -1.64. The van der Waals surface area contributed by atoms with E-state index in [0.717, 1.165) is 40.8 Å². The molecule has 0 saturated carbocycles. The summed E-state index contributed by atoms with van der Waals surface area (Å²) in [5, 5.41) is 0.891. The van der Waals surface area contributed by atoms with Crippen molar-refractivity contribution in [2.75, 3.05) is 0 Å². The minimum absolute atomic E-state index is 0.215. The molecule has 1 aliphatic rings. The maximum Gasteiger partial charge on any atom is 0.217 e. The zero-order chi connectivity index (χ0) is 12.0. The summed E-state index contributed by atoms with van der Waals surface area (Å²) in [5.41, 5.74) is 3.02. The van der Waals surface area contributed by atoms with E-state index < -0.39 is 0 Å². The van der Waals surface area contributed by atoms with E-state index in [-0.39, 0.29) is 11.9 Å². The summed E-state index contributed by atoms with van der Waals surface area (Å²) in [7, 11) is 0. The lowest BCUT2D eigenvalue weighted by Gasteiger charge is -2.24. The SMILES string of the molecule is Cc1c2c(nc3ccc(F)cc13)OC(C)CC2. The van der Waals surface area contributed by atoms with Gasteiger partial charge < -0.3 is 4.74 Å². The molecule has 2 aromatic rings. The Balaban J connectivity index is 2.28. The number of aryl methyl sites for hydroxylation is 1. The van der Waals surface area contributed by atoms with Crippen LogP contribution in [0.25, 0.3) is 10.9 Å². The fourth-order valence-electron chi connectivity index (χ4n) is 2.39. The lowest BCUT2D eigenvalue weighted by atomic mass is 9.98. The van der Waals surface area contributed by atoms with E-state index in [0.29, 0.717) is 0 Å². The second-order valence-corrected chi connectivity index (χ2v) is 4.65. The molecule has 2 nitrogen and oxygen atoms in total. The summed E-state index contributed by atoms with van der Waals surface area (Å²) in [5.74, 6) is 0.507. The van der Waals surface area contributed by atoms with Crippen molar-refractivity contribution >= 4 is 10.9 Å². The number of rotatable bonds is 0. The minimum Gasteiger partial charge on any atom is -0.474 e. The van der Waals surface area contributed by atoms with Gasteiger partial charge in [-0.15, -0.1) is 0 Å². The largest absolute Gasteiger partial charge is 0.474 e. The molecule has 1 atom stereocenters. The number of benzene rings is 1. The lowest BCUT2D eigenvalue weighted by Crippen LogP contribution is -2.20. The van der Waals surface area contributed by atoms with Crippen molar-refractivity contribution < 1.29 is 9.13 Å². The Kier molecular flexibility index (Phi) is 2.28. The summed E-state index contributed by atoms with van der Waals surface area (Å²) in [6.07, 6.45) is 2.17. The van der Waals surface area contributed by atoms with Gasteiger partial charge in [-0.3, -0.25) is 0 Å². The summed E-state index contributed by atoms with van der Waals surface area (Å²) >= 11 is 0. The van der Waals surface area contributed by atoms with Gasteiger partial charge in [0, 0.05) is 10.9 Å². The van der Waals surface area contributed by atoms with Crippen LogP contribution in [0.5, 0.6) is 5.88 Å². The molecule has 0 N–H and O–H groups in total. The number of fused-ring (bicyclic) bond motifs is 2. The van der Waals surface area contributed by atoms with Crippen LogP contribution in [0.15, 0.2) is 18.2 Å².